The van der Waals surface area contributed by atoms with E-state index in [9.17, 15) is 29.1 Å². The number of piperidine rings is 1. The van der Waals surface area contributed by atoms with Gasteiger partial charge >= 0.3 is 5.97 Å². The molecular weight excluding hydrogens is 642 g/mol. The van der Waals surface area contributed by atoms with Crippen LogP contribution in [0.3, 0.4) is 0 Å². The van der Waals surface area contributed by atoms with Crippen LogP contribution < -0.4 is 21.2 Å². The van der Waals surface area contributed by atoms with Crippen molar-refractivity contribution in [2.45, 2.75) is 90.5 Å². The monoisotopic (exact) mass is 691 g/mol. The van der Waals surface area contributed by atoms with Crippen molar-refractivity contribution in [2.75, 3.05) is 31.7 Å². The molecule has 4 heterocycles. The number of anilines is 1. The first-order valence-corrected chi connectivity index (χ1v) is 17.4. The minimum Gasteiger partial charge on any atom is -0.451 e. The van der Waals surface area contributed by atoms with Gasteiger partial charge in [0, 0.05) is 38.5 Å². The lowest BCUT2D eigenvalue weighted by molar-refractivity contribution is -0.165. The van der Waals surface area contributed by atoms with Crippen LogP contribution in [-0.2, 0) is 28.7 Å². The lowest BCUT2D eigenvalue weighted by Crippen LogP contribution is -2.62. The van der Waals surface area contributed by atoms with Gasteiger partial charge in [-0.1, -0.05) is 38.1 Å². The number of nitrogens with zero attached hydrogens (tertiary/aromatic N) is 4. The van der Waals surface area contributed by atoms with Gasteiger partial charge in [0.15, 0.2) is 6.10 Å². The van der Waals surface area contributed by atoms with Gasteiger partial charge in [-0.2, -0.15) is 0 Å². The molecule has 0 unspecified atom stereocenters. The number of amides is 4. The number of nitrogens with one attached hydrogen (secondary N) is 3. The molecule has 2 aromatic rings. The molecule has 0 saturated carbocycles. The van der Waals surface area contributed by atoms with Gasteiger partial charge in [0.1, 0.15) is 17.9 Å². The van der Waals surface area contributed by atoms with Crippen LogP contribution in [0.15, 0.2) is 36.4 Å². The van der Waals surface area contributed by atoms with Gasteiger partial charge in [0.25, 0.3) is 17.7 Å². The molecule has 3 atom stereocenters. The number of ether oxygens (including phenoxy) is 1. The molecule has 4 amide bonds. The predicted molar refractivity (Wildman–Crippen MR) is 187 cm³/mol. The largest absolute Gasteiger partial charge is 0.451 e. The van der Waals surface area contributed by atoms with E-state index in [1.165, 1.54) is 10.0 Å². The number of hydrazine groups is 2. The number of carbonyl (C=O) groups excluding carboxylic acids is 5. The number of benzene rings is 1. The number of pyridine rings is 1. The number of cyclic esters (lactones) is 1. The Morgan fingerprint density at radius 3 is 2.48 bits per heavy atom. The molecule has 50 heavy (non-hydrogen) atoms. The van der Waals surface area contributed by atoms with Gasteiger partial charge in [-0.25, -0.2) is 10.4 Å². The molecule has 2 saturated heterocycles. The summed E-state index contributed by atoms with van der Waals surface area (Å²) >= 11 is 0. The van der Waals surface area contributed by atoms with Crippen LogP contribution in [0.1, 0.15) is 71.8 Å². The maximum absolute atomic E-state index is 14.1. The molecule has 0 spiro atoms. The van der Waals surface area contributed by atoms with Crippen LogP contribution in [0.4, 0.5) is 5.82 Å². The van der Waals surface area contributed by atoms with Crippen LogP contribution in [-0.4, -0.2) is 101 Å². The second kappa shape index (κ2) is 15.5. The van der Waals surface area contributed by atoms with Crippen molar-refractivity contribution < 1.29 is 33.8 Å². The number of aliphatic hydroxyl groups excluding tert-OH is 1. The van der Waals surface area contributed by atoms with E-state index in [0.717, 1.165) is 10.9 Å². The third-order valence-electron chi connectivity index (χ3n) is 9.49. The Morgan fingerprint density at radius 2 is 1.76 bits per heavy atom. The Balaban J connectivity index is 1.45. The zero-order valence-electron chi connectivity index (χ0n) is 29.5. The fourth-order valence-corrected chi connectivity index (χ4v) is 6.22. The second-order valence-corrected chi connectivity index (χ2v) is 14.3. The standard InChI is InChI=1S/C36H49N7O7/c1-22(2)31-33(47)38-27(11-13-30(45)42-19-15-25(44)16-20-42)34(48)43-18-6-7-26(39-43)32(46)40-41(5)29-12-10-24-9-8-23(21-28(24)37-29)14-17-36(3,4)35(49)50-31/h8-10,12,14,17,21-22,25-27,31,39,44H,6-7,11,13,15-16,18-20H2,1-5H3,(H,38,47)(H,40,46)/b17-14+/t26-,27-,31-/m0/s1. The first-order valence-electron chi connectivity index (χ1n) is 17.4. The fraction of sp³-hybridized carbons (Fsp3) is 0.556. The van der Waals surface area contributed by atoms with Crippen LogP contribution in [0.25, 0.3) is 17.0 Å². The SMILES string of the molecule is CC(C)[C@@H]1OC(=O)C(C)(C)/C=C/c2ccc3ccc(nc3c2)N(C)NC(=O)[C@@H]2CCCN(N2)C(=O)[C@H](CCC(=O)N2CCC(O)CC2)NC1=O. The second-order valence-electron chi connectivity index (χ2n) is 14.3. The lowest BCUT2D eigenvalue weighted by atomic mass is 9.92. The fourth-order valence-electron chi connectivity index (χ4n) is 6.22. The molecule has 1 aromatic heterocycles. The third-order valence-corrected chi connectivity index (χ3v) is 9.49. The Hall–Kier alpha value is -4.56. The van der Waals surface area contributed by atoms with Crippen molar-refractivity contribution in [2.24, 2.45) is 11.3 Å². The summed E-state index contributed by atoms with van der Waals surface area (Å²) in [4.78, 5) is 74.4. The number of fused-ring (bicyclic) bond motifs is 4. The smallest absolute Gasteiger partial charge is 0.316 e. The van der Waals surface area contributed by atoms with Crippen molar-refractivity contribution in [3.63, 3.8) is 0 Å². The van der Waals surface area contributed by atoms with Crippen molar-refractivity contribution in [1.82, 2.24) is 31.1 Å². The van der Waals surface area contributed by atoms with Crippen molar-refractivity contribution in [3.8, 4) is 0 Å². The maximum Gasteiger partial charge on any atom is 0.316 e. The van der Waals surface area contributed by atoms with Crippen LogP contribution in [0.2, 0.25) is 0 Å². The minimum absolute atomic E-state index is 0.0140. The van der Waals surface area contributed by atoms with E-state index >= 15 is 0 Å². The summed E-state index contributed by atoms with van der Waals surface area (Å²) in [5, 5.41) is 16.4. The molecule has 0 radical (unpaired) electrons. The van der Waals surface area contributed by atoms with Crippen molar-refractivity contribution in [3.05, 3.63) is 42.0 Å². The molecule has 14 heteroatoms. The molecule has 0 aliphatic carbocycles. The van der Waals surface area contributed by atoms with Gasteiger partial charge < -0.3 is 20.1 Å². The molecule has 14 nitrogen and oxygen atoms in total. The number of aliphatic hydroxyl groups is 1. The third kappa shape index (κ3) is 8.77. The minimum atomic E-state index is -1.22. The normalized spacial score (nSPS) is 24.9. The summed E-state index contributed by atoms with van der Waals surface area (Å²) in [7, 11) is 1.68. The van der Waals surface area contributed by atoms with Gasteiger partial charge in [0.2, 0.25) is 5.91 Å². The van der Waals surface area contributed by atoms with E-state index in [1.807, 2.05) is 24.3 Å². The average Bonchev–Trinajstić information content (AvgIpc) is 3.10. The summed E-state index contributed by atoms with van der Waals surface area (Å²) in [6, 6.07) is 7.49. The van der Waals surface area contributed by atoms with Gasteiger partial charge in [-0.05, 0) is 75.6 Å². The highest BCUT2D eigenvalue weighted by atomic mass is 16.5. The van der Waals surface area contributed by atoms with E-state index in [4.69, 9.17) is 9.72 Å². The molecule has 2 fully saturated rings. The number of aromatic nitrogens is 1. The molecule has 270 valence electrons. The maximum atomic E-state index is 14.1. The Kier molecular flexibility index (Phi) is 11.4. The van der Waals surface area contributed by atoms with E-state index in [-0.39, 0.29) is 31.2 Å². The van der Waals surface area contributed by atoms with Gasteiger partial charge in [0.05, 0.1) is 17.0 Å². The number of likely N-dealkylation sites (tertiary alicyclic amines) is 1. The highest BCUT2D eigenvalue weighted by Gasteiger charge is 2.38. The molecule has 3 aliphatic rings. The van der Waals surface area contributed by atoms with E-state index < -0.39 is 53.4 Å². The molecule has 1 aromatic carbocycles. The number of hydrogen-bond acceptors (Lipinski definition) is 10. The quantitative estimate of drug-likeness (QED) is 0.348. The highest BCUT2D eigenvalue weighted by molar-refractivity contribution is 5.92. The van der Waals surface area contributed by atoms with Crippen LogP contribution in [0.5, 0.6) is 0 Å². The molecule has 3 aliphatic heterocycles. The Bertz CT molecular complexity index is 1640. The zero-order chi connectivity index (χ0) is 36.2. The lowest BCUT2D eigenvalue weighted by Gasteiger charge is -2.36. The first kappa shape index (κ1) is 36.7. The Labute approximate surface area is 292 Å². The predicted octanol–water partition coefficient (Wildman–Crippen LogP) is 2.07. The molecule has 4 N–H and O–H groups in total. The van der Waals surface area contributed by atoms with Gasteiger partial charge in [-0.3, -0.25) is 39.4 Å². The van der Waals surface area contributed by atoms with Crippen LogP contribution in [0, 0.1) is 11.3 Å². The van der Waals surface area contributed by atoms with Crippen LogP contribution >= 0.6 is 0 Å². The Morgan fingerprint density at radius 1 is 1.04 bits per heavy atom. The summed E-state index contributed by atoms with van der Waals surface area (Å²) in [5.41, 5.74) is 6.25. The zero-order valence-corrected chi connectivity index (χ0v) is 29.5. The summed E-state index contributed by atoms with van der Waals surface area (Å²) in [6.45, 7) is 7.98. The summed E-state index contributed by atoms with van der Waals surface area (Å²) < 4.78 is 5.83. The van der Waals surface area contributed by atoms with E-state index in [0.29, 0.717) is 50.1 Å². The number of rotatable bonds is 4. The summed E-state index contributed by atoms with van der Waals surface area (Å²) in [6.07, 6.45) is 3.73. The van der Waals surface area contributed by atoms with Crippen molar-refractivity contribution >= 4 is 52.4 Å². The highest BCUT2D eigenvalue weighted by Crippen LogP contribution is 2.26. The van der Waals surface area contributed by atoms with E-state index in [1.54, 1.807) is 57.9 Å². The molecular formula is C36H49N7O7. The first-order chi connectivity index (χ1) is 23.7. The number of carbonyl (C=O) groups is 5. The topological polar surface area (TPSA) is 174 Å². The average molecular weight is 692 g/mol. The number of hydrogen-bond donors (Lipinski definition) is 4. The molecule has 5 rings (SSSR count). The van der Waals surface area contributed by atoms with Crippen molar-refractivity contribution in [1.29, 1.82) is 0 Å². The summed E-state index contributed by atoms with van der Waals surface area (Å²) in [5.74, 6) is -2.28. The number of esters is 1. The van der Waals surface area contributed by atoms with Gasteiger partial charge in [-0.15, -0.1) is 0 Å². The molecule has 5 bridgehead atoms. The van der Waals surface area contributed by atoms with E-state index in [2.05, 4.69) is 16.2 Å².